The molecule has 6 aromatic rings. The van der Waals surface area contributed by atoms with Gasteiger partial charge in [-0.25, -0.2) is 9.97 Å². The predicted molar refractivity (Wildman–Crippen MR) is 192 cm³/mol. The zero-order valence-electron chi connectivity index (χ0n) is 25.3. The lowest BCUT2D eigenvalue weighted by atomic mass is 10.0. The Balaban J connectivity index is 0.000000250. The molecule has 0 radical (unpaired) electrons. The Bertz CT molecular complexity index is 2110. The number of rotatable bonds is 6. The molecule has 0 spiro atoms. The average molecular weight is 813 g/mol. The number of hydrogen-bond donors (Lipinski definition) is 2. The van der Waals surface area contributed by atoms with Crippen LogP contribution in [0.25, 0.3) is 11.3 Å². The largest absolute Gasteiger partial charge is 0.505 e. The van der Waals surface area contributed by atoms with Crippen LogP contribution in [-0.4, -0.2) is 40.5 Å². The van der Waals surface area contributed by atoms with Crippen LogP contribution in [0.4, 0.5) is 0 Å². The molecule has 0 saturated heterocycles. The van der Waals surface area contributed by atoms with Gasteiger partial charge in [-0.05, 0) is 93.2 Å². The Kier molecular flexibility index (Phi) is 12.5. The molecule has 48 heavy (non-hydrogen) atoms. The molecular weight excluding hydrogens is 787 g/mol. The lowest BCUT2D eigenvalue weighted by molar-refractivity contribution is 0.102. The van der Waals surface area contributed by atoms with Gasteiger partial charge in [0.2, 0.25) is 11.6 Å². The molecule has 0 aliphatic carbocycles. The maximum absolute atomic E-state index is 13.0. The fourth-order valence-electron chi connectivity index (χ4n) is 4.97. The maximum Gasteiger partial charge on any atom is 0.211 e. The van der Waals surface area contributed by atoms with Crippen molar-refractivity contribution >= 4 is 79.5 Å². The van der Waals surface area contributed by atoms with E-state index in [1.807, 2.05) is 62.4 Å². The van der Waals surface area contributed by atoms with Crippen molar-refractivity contribution in [2.75, 3.05) is 0 Å². The van der Waals surface area contributed by atoms with Crippen LogP contribution in [0.5, 0.6) is 11.5 Å². The molecule has 2 N–H and O–H groups in total. The number of phenolic OH excluding ortho intramolecular Hbond substituents is 2. The Morgan fingerprint density at radius 2 is 1.08 bits per heavy atom. The van der Waals surface area contributed by atoms with E-state index >= 15 is 0 Å². The van der Waals surface area contributed by atoms with Crippen LogP contribution in [0, 0.1) is 22.7 Å². The molecule has 244 valence electrons. The summed E-state index contributed by atoms with van der Waals surface area (Å²) < 4.78 is 4.11. The van der Waals surface area contributed by atoms with E-state index < -0.39 is 0 Å². The summed E-state index contributed by atoms with van der Waals surface area (Å²) in [4.78, 5) is 34.9. The zero-order chi connectivity index (χ0) is 33.1. The van der Waals surface area contributed by atoms with Crippen molar-refractivity contribution in [3.8, 4) is 23.6 Å². The van der Waals surface area contributed by atoms with Gasteiger partial charge in [0.1, 0.15) is 46.3 Å². The van der Waals surface area contributed by atoms with E-state index in [9.17, 15) is 19.8 Å². The lowest BCUT2D eigenvalue weighted by Gasteiger charge is -2.06. The number of hydrogen-bond acceptors (Lipinski definition) is 8. The second kappa shape index (κ2) is 15.9. The number of carbonyl (C=O) groups excluding carboxylic acids is 2. The third kappa shape index (κ3) is 7.08. The van der Waals surface area contributed by atoms with Crippen molar-refractivity contribution in [1.82, 2.24) is 18.8 Å². The Morgan fingerprint density at radius 3 is 1.42 bits per heavy atom. The molecule has 0 saturated carbocycles. The Labute approximate surface area is 304 Å². The number of nitriles is 2. The number of nitrogens with zero attached hydrogens (tertiary/aromatic N) is 6. The summed E-state index contributed by atoms with van der Waals surface area (Å²) in [7, 11) is 0. The SMILES string of the molecule is CCc1nc2ccccn2c1C(=O)c1cc(Br)c(O)c(C#N)c1.CCc1nc2ccccn2c1C(=O)c1cc(Br)c(O)c(C#N)c1.Cl.Cl. The van der Waals surface area contributed by atoms with Crippen molar-refractivity contribution in [1.29, 1.82) is 10.5 Å². The van der Waals surface area contributed by atoms with E-state index in [2.05, 4.69) is 41.8 Å². The highest BCUT2D eigenvalue weighted by Crippen LogP contribution is 2.32. The van der Waals surface area contributed by atoms with E-state index in [1.54, 1.807) is 21.2 Å². The Morgan fingerprint density at radius 1 is 0.708 bits per heavy atom. The highest BCUT2D eigenvalue weighted by molar-refractivity contribution is 9.11. The molecule has 0 aliphatic heterocycles. The molecule has 0 atom stereocenters. The van der Waals surface area contributed by atoms with Crippen LogP contribution < -0.4 is 0 Å². The first-order valence-electron chi connectivity index (χ1n) is 14.0. The number of fused-ring (bicyclic) bond motifs is 2. The number of phenols is 2. The number of halogens is 4. The average Bonchev–Trinajstić information content (AvgIpc) is 3.65. The fraction of sp³-hybridized carbons (Fsp3) is 0.118. The number of aromatic hydroxyl groups is 2. The minimum atomic E-state index is -0.238. The molecule has 2 aromatic carbocycles. The smallest absolute Gasteiger partial charge is 0.211 e. The molecule has 0 amide bonds. The number of imidazole rings is 2. The van der Waals surface area contributed by atoms with Crippen LogP contribution >= 0.6 is 56.7 Å². The third-order valence-corrected chi connectivity index (χ3v) is 8.41. The second-order valence-electron chi connectivity index (χ2n) is 9.97. The standard InChI is InChI=1S/2C17H12BrN3O2.2ClH/c2*1-2-13-15(21-6-4-3-5-14(21)20-13)17(23)10-7-11(9-19)16(22)12(18)8-10;;/h2*3-8,22H,2H2,1H3;2*1H. The van der Waals surface area contributed by atoms with Crippen LogP contribution in [0.15, 0.2) is 82.0 Å². The number of benzene rings is 2. The summed E-state index contributed by atoms with van der Waals surface area (Å²) in [5.41, 5.74) is 4.50. The van der Waals surface area contributed by atoms with Crippen molar-refractivity contribution in [3.05, 3.63) is 127 Å². The summed E-state index contributed by atoms with van der Waals surface area (Å²) in [5.74, 6) is -0.814. The van der Waals surface area contributed by atoms with Crippen molar-refractivity contribution < 1.29 is 19.8 Å². The highest BCUT2D eigenvalue weighted by atomic mass is 79.9. The number of carbonyl (C=O) groups is 2. The molecule has 0 aliphatic rings. The first-order chi connectivity index (χ1) is 22.1. The van der Waals surface area contributed by atoms with Gasteiger partial charge in [0.25, 0.3) is 0 Å². The summed E-state index contributed by atoms with van der Waals surface area (Å²) in [6, 6.07) is 20.7. The van der Waals surface area contributed by atoms with Gasteiger partial charge in [0.15, 0.2) is 0 Å². The molecular formula is C34H26Br2Cl2N6O4. The van der Waals surface area contributed by atoms with Gasteiger partial charge in [-0.15, -0.1) is 24.8 Å². The van der Waals surface area contributed by atoms with E-state index in [1.165, 1.54) is 24.3 Å². The fourth-order valence-corrected chi connectivity index (χ4v) is 5.89. The van der Waals surface area contributed by atoms with Crippen LogP contribution in [-0.2, 0) is 12.8 Å². The van der Waals surface area contributed by atoms with E-state index in [0.717, 1.165) is 0 Å². The number of ketones is 2. The van der Waals surface area contributed by atoms with Gasteiger partial charge in [-0.3, -0.25) is 18.4 Å². The lowest BCUT2D eigenvalue weighted by Crippen LogP contribution is -2.08. The van der Waals surface area contributed by atoms with Crippen molar-refractivity contribution in [2.45, 2.75) is 26.7 Å². The van der Waals surface area contributed by atoms with E-state index in [4.69, 9.17) is 10.5 Å². The first-order valence-corrected chi connectivity index (χ1v) is 15.6. The third-order valence-electron chi connectivity index (χ3n) is 7.20. The van der Waals surface area contributed by atoms with Gasteiger partial charge in [-0.2, -0.15) is 10.5 Å². The first kappa shape index (κ1) is 37.7. The molecule has 6 rings (SSSR count). The highest BCUT2D eigenvalue weighted by Gasteiger charge is 2.23. The van der Waals surface area contributed by atoms with Gasteiger partial charge in [0.05, 0.1) is 31.5 Å². The van der Waals surface area contributed by atoms with E-state index in [-0.39, 0.29) is 59.0 Å². The van der Waals surface area contributed by atoms with Gasteiger partial charge >= 0.3 is 0 Å². The minimum absolute atomic E-state index is 0. The van der Waals surface area contributed by atoms with E-state index in [0.29, 0.717) is 67.0 Å². The number of aryl methyl sites for hydroxylation is 2. The summed E-state index contributed by atoms with van der Waals surface area (Å²) in [5, 5.41) is 37.8. The number of aromatic nitrogens is 4. The summed E-state index contributed by atoms with van der Waals surface area (Å²) >= 11 is 6.36. The normalized spacial score (nSPS) is 10.2. The minimum Gasteiger partial charge on any atom is -0.505 e. The monoisotopic (exact) mass is 810 g/mol. The molecule has 0 bridgehead atoms. The molecule has 14 heteroatoms. The second-order valence-corrected chi connectivity index (χ2v) is 11.7. The topological polar surface area (TPSA) is 157 Å². The molecule has 10 nitrogen and oxygen atoms in total. The van der Waals surface area contributed by atoms with Gasteiger partial charge in [-0.1, -0.05) is 26.0 Å². The zero-order valence-corrected chi connectivity index (χ0v) is 30.1. The quantitative estimate of drug-likeness (QED) is 0.162. The Hall–Kier alpha value is -4.72. The molecule has 4 heterocycles. The number of pyridine rings is 2. The van der Waals surface area contributed by atoms with Crippen LogP contribution in [0.3, 0.4) is 0 Å². The summed E-state index contributed by atoms with van der Waals surface area (Å²) in [6.07, 6.45) is 4.81. The van der Waals surface area contributed by atoms with Crippen LogP contribution in [0.1, 0.15) is 68.5 Å². The van der Waals surface area contributed by atoms with Crippen molar-refractivity contribution in [2.24, 2.45) is 0 Å². The van der Waals surface area contributed by atoms with Gasteiger partial charge in [0, 0.05) is 23.5 Å². The molecule has 0 fully saturated rings. The summed E-state index contributed by atoms with van der Waals surface area (Å²) in [6.45, 7) is 3.87. The van der Waals surface area contributed by atoms with Crippen molar-refractivity contribution in [3.63, 3.8) is 0 Å². The maximum atomic E-state index is 13.0. The van der Waals surface area contributed by atoms with Gasteiger partial charge < -0.3 is 10.2 Å². The molecule has 0 unspecified atom stereocenters. The van der Waals surface area contributed by atoms with Crippen LogP contribution in [0.2, 0.25) is 0 Å². The predicted octanol–water partition coefficient (Wildman–Crippen LogP) is 7.78. The molecule has 4 aromatic heterocycles.